The van der Waals surface area contributed by atoms with Crippen molar-refractivity contribution in [3.8, 4) is 0 Å². The van der Waals surface area contributed by atoms with Gasteiger partial charge in [-0.1, -0.05) is 59.6 Å². The molecule has 0 saturated carbocycles. The van der Waals surface area contributed by atoms with E-state index in [1.165, 1.54) is 5.57 Å². The van der Waals surface area contributed by atoms with Crippen LogP contribution in [0.2, 0.25) is 6.32 Å². The van der Waals surface area contributed by atoms with Gasteiger partial charge in [0, 0.05) is 5.33 Å². The quantitative estimate of drug-likeness (QED) is 0.498. The second kappa shape index (κ2) is 4.13. The Hall–Kier alpha value is -0.235. The molecule has 0 aromatic carbocycles. The van der Waals surface area contributed by atoms with Crippen molar-refractivity contribution in [2.75, 3.05) is 5.33 Å². The van der Waals surface area contributed by atoms with Gasteiger partial charge in [-0.15, -0.1) is 0 Å². The van der Waals surface area contributed by atoms with E-state index in [2.05, 4.69) is 53.2 Å². The highest BCUT2D eigenvalue weighted by molar-refractivity contribution is 9.09. The van der Waals surface area contributed by atoms with Gasteiger partial charge in [-0.25, -0.2) is 0 Å². The third-order valence-electron chi connectivity index (χ3n) is 2.06. The van der Waals surface area contributed by atoms with Gasteiger partial charge in [0.25, 0.3) is 0 Å². The minimum Gasteiger partial charge on any atom is -0.0876 e. The summed E-state index contributed by atoms with van der Waals surface area (Å²) in [7, 11) is 5.66. The number of allylic oxidation sites excluding steroid dienone is 6. The summed E-state index contributed by atoms with van der Waals surface area (Å²) in [5.41, 5.74) is 1.31. The first-order valence-electron chi connectivity index (χ1n) is 4.04. The average Bonchev–Trinajstić information content (AvgIpc) is 2.28. The number of hydrogen-bond acceptors (Lipinski definition) is 0. The van der Waals surface area contributed by atoms with Crippen molar-refractivity contribution in [2.24, 2.45) is 5.41 Å². The Bertz CT molecular complexity index is 240. The molecule has 1 rings (SSSR count). The highest BCUT2D eigenvalue weighted by atomic mass is 79.9. The summed E-state index contributed by atoms with van der Waals surface area (Å²) >= 11 is 3.42. The van der Waals surface area contributed by atoms with Crippen molar-refractivity contribution in [3.63, 3.8) is 0 Å². The molecule has 0 saturated heterocycles. The smallest absolute Gasteiger partial charge is 0.0668 e. The fourth-order valence-corrected chi connectivity index (χ4v) is 1.40. The third-order valence-corrected chi connectivity index (χ3v) is 2.71. The molecule has 0 aliphatic heterocycles. The number of rotatable bonds is 2. The minimum absolute atomic E-state index is 0.0282. The summed E-state index contributed by atoms with van der Waals surface area (Å²) in [5.74, 6) is 0. The summed E-state index contributed by atoms with van der Waals surface area (Å²) in [6.07, 6.45) is 11.3. The van der Waals surface area contributed by atoms with E-state index in [-0.39, 0.29) is 5.41 Å². The van der Waals surface area contributed by atoms with Crippen LogP contribution >= 0.6 is 15.9 Å². The van der Waals surface area contributed by atoms with E-state index in [1.54, 1.807) is 0 Å². The molecule has 1 unspecified atom stereocenters. The van der Waals surface area contributed by atoms with Crippen LogP contribution in [0.5, 0.6) is 0 Å². The van der Waals surface area contributed by atoms with Crippen molar-refractivity contribution < 1.29 is 0 Å². The zero-order valence-electron chi connectivity index (χ0n) is 7.26. The van der Waals surface area contributed by atoms with Crippen molar-refractivity contribution >= 4 is 23.8 Å². The van der Waals surface area contributed by atoms with E-state index in [0.29, 0.717) is 6.32 Å². The predicted octanol–water partition coefficient (Wildman–Crippen LogP) is 3.03. The average molecular weight is 223 g/mol. The largest absolute Gasteiger partial charge is 0.0876 e. The lowest BCUT2D eigenvalue weighted by molar-refractivity contribution is 0.626. The van der Waals surface area contributed by atoms with E-state index in [9.17, 15) is 0 Å². The fourth-order valence-electron chi connectivity index (χ4n) is 1.03. The molecule has 0 fully saturated rings. The summed E-state index contributed by atoms with van der Waals surface area (Å²) < 4.78 is 0. The van der Waals surface area contributed by atoms with Gasteiger partial charge >= 0.3 is 0 Å². The maximum atomic E-state index is 5.66. The molecule has 2 radical (unpaired) electrons. The Kier molecular flexibility index (Phi) is 3.39. The molecule has 2 heteroatoms. The summed E-state index contributed by atoms with van der Waals surface area (Å²) in [4.78, 5) is 0. The van der Waals surface area contributed by atoms with Crippen LogP contribution in [0.25, 0.3) is 0 Å². The van der Waals surface area contributed by atoms with Gasteiger partial charge in [-0.05, 0) is 11.0 Å². The van der Waals surface area contributed by atoms with Gasteiger partial charge in [0.1, 0.15) is 0 Å². The van der Waals surface area contributed by atoms with Gasteiger partial charge in [0.15, 0.2) is 0 Å². The predicted molar refractivity (Wildman–Crippen MR) is 58.8 cm³/mol. The second-order valence-electron chi connectivity index (χ2n) is 3.28. The number of halogens is 1. The van der Waals surface area contributed by atoms with E-state index in [0.717, 1.165) is 5.33 Å². The summed E-state index contributed by atoms with van der Waals surface area (Å²) in [6, 6.07) is 0. The maximum Gasteiger partial charge on any atom is 0.0668 e. The van der Waals surface area contributed by atoms with Crippen LogP contribution in [0.15, 0.2) is 36.0 Å². The lowest BCUT2D eigenvalue weighted by Crippen LogP contribution is -2.07. The molecule has 0 N–H and O–H groups in total. The molecule has 62 valence electrons. The van der Waals surface area contributed by atoms with Gasteiger partial charge < -0.3 is 0 Å². The van der Waals surface area contributed by atoms with E-state index >= 15 is 0 Å². The van der Waals surface area contributed by atoms with Gasteiger partial charge in [0.2, 0.25) is 0 Å². The molecule has 0 spiro atoms. The van der Waals surface area contributed by atoms with Crippen LogP contribution < -0.4 is 0 Å². The molecule has 0 heterocycles. The van der Waals surface area contributed by atoms with Gasteiger partial charge in [0.05, 0.1) is 7.85 Å². The standard InChI is InChI=1S/C10H12BBr/c1-10(8-11)5-2-3-9(7-12)4-6-10/h2-6H,7-8H2,1H3. The molecule has 1 aliphatic rings. The van der Waals surface area contributed by atoms with Crippen LogP contribution in [0.4, 0.5) is 0 Å². The van der Waals surface area contributed by atoms with Crippen molar-refractivity contribution in [1.82, 2.24) is 0 Å². The molecular formula is C10H12BBr. The normalized spacial score (nSPS) is 28.3. The van der Waals surface area contributed by atoms with E-state index in [4.69, 9.17) is 7.85 Å². The summed E-state index contributed by atoms with van der Waals surface area (Å²) in [5, 5.41) is 0.897. The molecule has 0 nitrogen and oxygen atoms in total. The van der Waals surface area contributed by atoms with Crippen LogP contribution in [-0.2, 0) is 0 Å². The summed E-state index contributed by atoms with van der Waals surface area (Å²) in [6.45, 7) is 2.13. The van der Waals surface area contributed by atoms with Crippen LogP contribution in [0, 0.1) is 5.41 Å². The van der Waals surface area contributed by atoms with Crippen molar-refractivity contribution in [1.29, 1.82) is 0 Å². The maximum absolute atomic E-state index is 5.66. The van der Waals surface area contributed by atoms with Crippen LogP contribution in [-0.4, -0.2) is 13.2 Å². The lowest BCUT2D eigenvalue weighted by Gasteiger charge is -2.18. The Morgan fingerprint density at radius 1 is 1.50 bits per heavy atom. The number of hydrogen-bond donors (Lipinski definition) is 0. The SMILES string of the molecule is [B]CC1(C)C=CC=C(CBr)C=C1. The van der Waals surface area contributed by atoms with Crippen LogP contribution in [0.1, 0.15) is 6.92 Å². The topological polar surface area (TPSA) is 0 Å². The van der Waals surface area contributed by atoms with Gasteiger partial charge in [-0.3, -0.25) is 0 Å². The molecule has 1 atom stereocenters. The first-order chi connectivity index (χ1) is 5.70. The minimum atomic E-state index is 0.0282. The van der Waals surface area contributed by atoms with Crippen molar-refractivity contribution in [2.45, 2.75) is 13.2 Å². The fraction of sp³-hybridized carbons (Fsp3) is 0.400. The zero-order chi connectivity index (χ0) is 9.03. The first-order valence-corrected chi connectivity index (χ1v) is 5.16. The highest BCUT2D eigenvalue weighted by Crippen LogP contribution is 2.27. The Labute approximate surface area is 84.0 Å². The van der Waals surface area contributed by atoms with Crippen LogP contribution in [0.3, 0.4) is 0 Å². The Morgan fingerprint density at radius 2 is 2.25 bits per heavy atom. The van der Waals surface area contributed by atoms with E-state index < -0.39 is 0 Å². The molecule has 0 amide bonds. The molecular weight excluding hydrogens is 211 g/mol. The van der Waals surface area contributed by atoms with Crippen molar-refractivity contribution in [3.05, 3.63) is 36.0 Å². The molecule has 12 heavy (non-hydrogen) atoms. The Morgan fingerprint density at radius 3 is 2.83 bits per heavy atom. The molecule has 1 aliphatic carbocycles. The third kappa shape index (κ3) is 2.38. The lowest BCUT2D eigenvalue weighted by atomic mass is 9.77. The Balaban J connectivity index is 2.82. The van der Waals surface area contributed by atoms with E-state index in [1.807, 2.05) is 0 Å². The first kappa shape index (κ1) is 9.85. The molecule has 0 bridgehead atoms. The highest BCUT2D eigenvalue weighted by Gasteiger charge is 2.14. The monoisotopic (exact) mass is 222 g/mol. The molecule has 0 aromatic rings. The van der Waals surface area contributed by atoms with Gasteiger partial charge in [-0.2, -0.15) is 0 Å². The number of alkyl halides is 1. The zero-order valence-corrected chi connectivity index (χ0v) is 8.84. The second-order valence-corrected chi connectivity index (χ2v) is 3.84. The molecule has 0 aromatic heterocycles.